The molecular weight excluding hydrogens is 216 g/mol. The Kier molecular flexibility index (Phi) is 2.36. The number of halogens is 1. The molecule has 1 aromatic carbocycles. The van der Waals surface area contributed by atoms with E-state index in [9.17, 15) is 4.79 Å². The predicted molar refractivity (Wildman–Crippen MR) is 57.4 cm³/mol. The van der Waals surface area contributed by atoms with E-state index in [1.807, 2.05) is 13.0 Å². The topological polar surface area (TPSA) is 55.1 Å². The first kappa shape index (κ1) is 9.98. The molecule has 0 bridgehead atoms. The van der Waals surface area contributed by atoms with Gasteiger partial charge in [0.15, 0.2) is 0 Å². The number of carboxylic acid groups (broad SMARTS) is 1. The van der Waals surface area contributed by atoms with Crippen LogP contribution in [0.1, 0.15) is 11.4 Å². The van der Waals surface area contributed by atoms with Crippen LogP contribution in [0, 0.1) is 6.92 Å². The Labute approximate surface area is 91.1 Å². The van der Waals surface area contributed by atoms with Gasteiger partial charge < -0.3 is 5.11 Å². The number of carbonyl (C=O) groups is 1. The van der Waals surface area contributed by atoms with Crippen molar-refractivity contribution in [3.05, 3.63) is 29.6 Å². The van der Waals surface area contributed by atoms with E-state index in [-0.39, 0.29) is 5.88 Å². The van der Waals surface area contributed by atoms with Crippen LogP contribution in [0.25, 0.3) is 11.0 Å². The van der Waals surface area contributed by atoms with Gasteiger partial charge in [-0.25, -0.2) is 14.3 Å². The smallest absolute Gasteiger partial charge is 0.417 e. The fourth-order valence-electron chi connectivity index (χ4n) is 1.59. The minimum absolute atomic E-state index is 0.0837. The Hall–Kier alpha value is -1.55. The summed E-state index contributed by atoms with van der Waals surface area (Å²) in [4.78, 5) is 15.2. The highest BCUT2D eigenvalue weighted by Crippen LogP contribution is 2.20. The molecule has 15 heavy (non-hydrogen) atoms. The van der Waals surface area contributed by atoms with Crippen LogP contribution in [0.3, 0.4) is 0 Å². The van der Waals surface area contributed by atoms with Gasteiger partial charge in [-0.3, -0.25) is 0 Å². The van der Waals surface area contributed by atoms with Crippen molar-refractivity contribution in [2.24, 2.45) is 0 Å². The highest BCUT2D eigenvalue weighted by molar-refractivity contribution is 6.17. The lowest BCUT2D eigenvalue weighted by molar-refractivity contribution is 0.196. The summed E-state index contributed by atoms with van der Waals surface area (Å²) in [5, 5.41) is 9.04. The molecule has 5 heteroatoms. The van der Waals surface area contributed by atoms with Crippen molar-refractivity contribution < 1.29 is 9.90 Å². The van der Waals surface area contributed by atoms with Crippen molar-refractivity contribution in [2.45, 2.75) is 12.8 Å². The number of hydrogen-bond donors (Lipinski definition) is 1. The van der Waals surface area contributed by atoms with Gasteiger partial charge in [0, 0.05) is 0 Å². The number of imidazole rings is 1. The Morgan fingerprint density at radius 1 is 1.60 bits per heavy atom. The molecule has 78 valence electrons. The van der Waals surface area contributed by atoms with E-state index in [1.165, 1.54) is 0 Å². The summed E-state index contributed by atoms with van der Waals surface area (Å²) in [6, 6.07) is 5.41. The number of aryl methyl sites for hydroxylation is 1. The molecule has 4 nitrogen and oxygen atoms in total. The Morgan fingerprint density at radius 2 is 2.33 bits per heavy atom. The molecule has 0 radical (unpaired) electrons. The number of nitrogens with zero attached hydrogens (tertiary/aromatic N) is 2. The first-order valence-electron chi connectivity index (χ1n) is 4.41. The van der Waals surface area contributed by atoms with Gasteiger partial charge in [-0.2, -0.15) is 0 Å². The van der Waals surface area contributed by atoms with Crippen molar-refractivity contribution in [3.63, 3.8) is 0 Å². The molecule has 0 aliphatic carbocycles. The van der Waals surface area contributed by atoms with Crippen molar-refractivity contribution in [1.29, 1.82) is 0 Å². The first-order valence-corrected chi connectivity index (χ1v) is 4.95. The van der Waals surface area contributed by atoms with Gasteiger partial charge in [0.05, 0.1) is 16.9 Å². The van der Waals surface area contributed by atoms with Crippen molar-refractivity contribution in [2.75, 3.05) is 0 Å². The van der Waals surface area contributed by atoms with Gasteiger partial charge in [-0.05, 0) is 18.6 Å². The number of para-hydroxylation sites is 1. The van der Waals surface area contributed by atoms with Crippen LogP contribution < -0.4 is 0 Å². The Morgan fingerprint density at radius 3 is 2.93 bits per heavy atom. The zero-order valence-electron chi connectivity index (χ0n) is 8.07. The quantitative estimate of drug-likeness (QED) is 0.758. The summed E-state index contributed by atoms with van der Waals surface area (Å²) in [5.74, 6) is 0.439. The van der Waals surface area contributed by atoms with Gasteiger partial charge in [-0.1, -0.05) is 12.1 Å². The molecule has 0 atom stereocenters. The van der Waals surface area contributed by atoms with E-state index in [4.69, 9.17) is 16.7 Å². The largest absolute Gasteiger partial charge is 0.464 e. The molecule has 1 heterocycles. The van der Waals surface area contributed by atoms with Gasteiger partial charge in [0.1, 0.15) is 5.82 Å². The van der Waals surface area contributed by atoms with Gasteiger partial charge in [0.2, 0.25) is 0 Å². The second kappa shape index (κ2) is 3.55. The number of benzene rings is 1. The summed E-state index contributed by atoms with van der Waals surface area (Å²) in [6.07, 6.45) is -1.06. The fourth-order valence-corrected chi connectivity index (χ4v) is 1.77. The normalized spacial score (nSPS) is 10.8. The molecule has 1 aromatic heterocycles. The third kappa shape index (κ3) is 1.47. The van der Waals surface area contributed by atoms with Crippen LogP contribution in [0.2, 0.25) is 0 Å². The molecule has 0 spiro atoms. The monoisotopic (exact) mass is 224 g/mol. The van der Waals surface area contributed by atoms with E-state index in [0.29, 0.717) is 16.9 Å². The van der Waals surface area contributed by atoms with Crippen LogP contribution in [0.5, 0.6) is 0 Å². The van der Waals surface area contributed by atoms with Crippen molar-refractivity contribution in [3.8, 4) is 0 Å². The Balaban J connectivity index is 2.86. The number of fused-ring (bicyclic) bond motifs is 1. The van der Waals surface area contributed by atoms with E-state index in [0.717, 1.165) is 10.1 Å². The number of rotatable bonds is 1. The van der Waals surface area contributed by atoms with Crippen LogP contribution in [0.4, 0.5) is 4.79 Å². The fraction of sp³-hybridized carbons (Fsp3) is 0.200. The summed E-state index contributed by atoms with van der Waals surface area (Å²) in [6.45, 7) is 1.89. The van der Waals surface area contributed by atoms with Crippen LogP contribution >= 0.6 is 11.6 Å². The molecule has 0 unspecified atom stereocenters. The highest BCUT2D eigenvalue weighted by Gasteiger charge is 2.15. The zero-order chi connectivity index (χ0) is 11.0. The minimum atomic E-state index is -1.06. The number of alkyl halides is 1. The average molecular weight is 225 g/mol. The maximum atomic E-state index is 11.0. The summed E-state index contributed by atoms with van der Waals surface area (Å²) < 4.78 is 1.12. The molecule has 2 aromatic rings. The van der Waals surface area contributed by atoms with E-state index < -0.39 is 6.09 Å². The van der Waals surface area contributed by atoms with E-state index in [1.54, 1.807) is 12.1 Å². The van der Waals surface area contributed by atoms with Gasteiger partial charge in [0.25, 0.3) is 0 Å². The number of hydrogen-bond acceptors (Lipinski definition) is 2. The summed E-state index contributed by atoms with van der Waals surface area (Å²) in [7, 11) is 0. The number of aromatic nitrogens is 2. The average Bonchev–Trinajstić information content (AvgIpc) is 2.57. The van der Waals surface area contributed by atoms with Crippen LogP contribution in [-0.2, 0) is 5.88 Å². The van der Waals surface area contributed by atoms with Crippen molar-refractivity contribution in [1.82, 2.24) is 9.55 Å². The van der Waals surface area contributed by atoms with Gasteiger partial charge >= 0.3 is 6.09 Å². The molecule has 0 aliphatic rings. The van der Waals surface area contributed by atoms with E-state index >= 15 is 0 Å². The lowest BCUT2D eigenvalue weighted by Crippen LogP contribution is -2.10. The molecular formula is C10H9ClN2O2. The van der Waals surface area contributed by atoms with Crippen LogP contribution in [-0.4, -0.2) is 20.8 Å². The first-order chi connectivity index (χ1) is 7.15. The van der Waals surface area contributed by atoms with Gasteiger partial charge in [-0.15, -0.1) is 11.6 Å². The molecule has 0 aliphatic heterocycles. The summed E-state index contributed by atoms with van der Waals surface area (Å²) >= 11 is 5.65. The zero-order valence-corrected chi connectivity index (χ0v) is 8.82. The molecule has 0 fully saturated rings. The molecule has 0 saturated carbocycles. The molecule has 0 saturated heterocycles. The summed E-state index contributed by atoms with van der Waals surface area (Å²) in [5.41, 5.74) is 2.22. The van der Waals surface area contributed by atoms with Crippen molar-refractivity contribution >= 4 is 28.7 Å². The maximum Gasteiger partial charge on any atom is 0.417 e. The second-order valence-corrected chi connectivity index (χ2v) is 3.49. The standard InChI is InChI=1S/C10H9ClN2O2/c1-6-3-2-4-7-9(6)12-8(5-11)13(7)10(14)15/h2-4H,5H2,1H3,(H,14,15). The molecule has 0 amide bonds. The Bertz CT molecular complexity index is 533. The lowest BCUT2D eigenvalue weighted by Gasteiger charge is -1.99. The second-order valence-electron chi connectivity index (χ2n) is 3.22. The predicted octanol–water partition coefficient (Wildman–Crippen LogP) is 2.61. The molecule has 1 N–H and O–H groups in total. The highest BCUT2D eigenvalue weighted by atomic mass is 35.5. The third-order valence-corrected chi connectivity index (χ3v) is 2.51. The minimum Gasteiger partial charge on any atom is -0.464 e. The maximum absolute atomic E-state index is 11.0. The molecule has 2 rings (SSSR count). The van der Waals surface area contributed by atoms with Crippen LogP contribution in [0.15, 0.2) is 18.2 Å². The lowest BCUT2D eigenvalue weighted by atomic mass is 10.2. The SMILES string of the molecule is Cc1cccc2c1nc(CCl)n2C(=O)O. The van der Waals surface area contributed by atoms with E-state index in [2.05, 4.69) is 4.98 Å². The third-order valence-electron chi connectivity index (χ3n) is 2.27.